The lowest BCUT2D eigenvalue weighted by molar-refractivity contribution is -0.147. The summed E-state index contributed by atoms with van der Waals surface area (Å²) < 4.78 is 44.2. The molecule has 3 rings (SSSR count). The van der Waals surface area contributed by atoms with Gasteiger partial charge in [-0.05, 0) is 37.1 Å². The fourth-order valence-corrected chi connectivity index (χ4v) is 3.63. The smallest absolute Gasteiger partial charge is 0.368 e. The Morgan fingerprint density at radius 2 is 1.97 bits per heavy atom. The van der Waals surface area contributed by atoms with E-state index >= 15 is 0 Å². The summed E-state index contributed by atoms with van der Waals surface area (Å²) in [5, 5.41) is 14.9. The number of alkyl halides is 3. The summed E-state index contributed by atoms with van der Waals surface area (Å²) in [6.45, 7) is 3.40. The van der Waals surface area contributed by atoms with E-state index in [-0.39, 0.29) is 5.69 Å². The molecule has 3 N–H and O–H groups in total. The average Bonchev–Trinajstić information content (AvgIpc) is 2.70. The molecule has 6 nitrogen and oxygen atoms in total. The maximum atomic E-state index is 12.9. The Morgan fingerprint density at radius 1 is 1.23 bits per heavy atom. The minimum absolute atomic E-state index is 0.0434. The Morgan fingerprint density at radius 3 is 2.65 bits per heavy atom. The second kappa shape index (κ2) is 10.1. The first-order valence-electron chi connectivity index (χ1n) is 10.1. The van der Waals surface area contributed by atoms with Gasteiger partial charge in [0, 0.05) is 25.3 Å². The van der Waals surface area contributed by atoms with Gasteiger partial charge < -0.3 is 20.5 Å². The van der Waals surface area contributed by atoms with Gasteiger partial charge in [-0.1, -0.05) is 36.4 Å². The van der Waals surface area contributed by atoms with Gasteiger partial charge in [0.05, 0.1) is 17.7 Å². The second-order valence-electron chi connectivity index (χ2n) is 7.57. The SMILES string of the molecule is C[C@@H](O)O[C@H]1CN(Cc2ccccc2)CC[C@@H]1NC(=O)Nc1cccc(C(F)(F)F)c1. The van der Waals surface area contributed by atoms with Crippen LogP contribution >= 0.6 is 0 Å². The summed E-state index contributed by atoms with van der Waals surface area (Å²) >= 11 is 0. The molecule has 0 unspecified atom stereocenters. The Balaban J connectivity index is 1.61. The first-order valence-corrected chi connectivity index (χ1v) is 10.1. The van der Waals surface area contributed by atoms with Crippen molar-refractivity contribution in [3.8, 4) is 0 Å². The van der Waals surface area contributed by atoms with Gasteiger partial charge in [-0.3, -0.25) is 4.90 Å². The summed E-state index contributed by atoms with van der Waals surface area (Å²) in [6.07, 6.45) is -5.40. The fourth-order valence-electron chi connectivity index (χ4n) is 3.63. The van der Waals surface area contributed by atoms with E-state index in [1.807, 2.05) is 30.3 Å². The molecule has 1 aliphatic heterocycles. The van der Waals surface area contributed by atoms with Gasteiger partial charge in [0.15, 0.2) is 6.29 Å². The Kier molecular flexibility index (Phi) is 7.53. The van der Waals surface area contributed by atoms with Gasteiger partial charge in [-0.25, -0.2) is 4.79 Å². The predicted molar refractivity (Wildman–Crippen MR) is 110 cm³/mol. The highest BCUT2D eigenvalue weighted by Crippen LogP contribution is 2.30. The quantitative estimate of drug-likeness (QED) is 0.601. The Bertz CT molecular complexity index is 862. The van der Waals surface area contributed by atoms with Crippen LogP contribution in [0.1, 0.15) is 24.5 Å². The van der Waals surface area contributed by atoms with Crippen molar-refractivity contribution >= 4 is 11.7 Å². The third kappa shape index (κ3) is 6.95. The monoisotopic (exact) mass is 437 g/mol. The maximum absolute atomic E-state index is 12.9. The number of halogens is 3. The van der Waals surface area contributed by atoms with Crippen LogP contribution in [0.15, 0.2) is 54.6 Å². The van der Waals surface area contributed by atoms with Crippen LogP contribution in [-0.4, -0.2) is 47.6 Å². The van der Waals surface area contributed by atoms with Crippen LogP contribution in [0.2, 0.25) is 0 Å². The molecule has 0 radical (unpaired) electrons. The summed E-state index contributed by atoms with van der Waals surface area (Å²) in [4.78, 5) is 14.6. The van der Waals surface area contributed by atoms with E-state index in [0.29, 0.717) is 26.1 Å². The number of aliphatic hydroxyl groups is 1. The summed E-state index contributed by atoms with van der Waals surface area (Å²) in [6, 6.07) is 13.4. The number of rotatable bonds is 6. The number of nitrogens with zero attached hydrogens (tertiary/aromatic N) is 1. The number of hydrogen-bond acceptors (Lipinski definition) is 4. The van der Waals surface area contributed by atoms with Crippen molar-refractivity contribution in [1.82, 2.24) is 10.2 Å². The Hall–Kier alpha value is -2.62. The number of likely N-dealkylation sites (tertiary alicyclic amines) is 1. The van der Waals surface area contributed by atoms with Gasteiger partial charge in [-0.15, -0.1) is 0 Å². The van der Waals surface area contributed by atoms with E-state index in [4.69, 9.17) is 4.74 Å². The molecule has 168 valence electrons. The van der Waals surface area contributed by atoms with Gasteiger partial charge in [0.1, 0.15) is 0 Å². The van der Waals surface area contributed by atoms with Crippen molar-refractivity contribution < 1.29 is 27.8 Å². The molecule has 1 heterocycles. The summed E-state index contributed by atoms with van der Waals surface area (Å²) in [5.41, 5.74) is 0.351. The lowest BCUT2D eigenvalue weighted by Crippen LogP contribution is -2.56. The first-order chi connectivity index (χ1) is 14.7. The third-order valence-corrected chi connectivity index (χ3v) is 5.03. The van der Waals surface area contributed by atoms with Crippen molar-refractivity contribution in [3.05, 3.63) is 65.7 Å². The number of benzene rings is 2. The van der Waals surface area contributed by atoms with Crippen molar-refractivity contribution in [1.29, 1.82) is 0 Å². The first kappa shape index (κ1) is 23.1. The number of carbonyl (C=O) groups excluding carboxylic acids is 1. The molecule has 9 heteroatoms. The molecule has 0 aliphatic carbocycles. The lowest BCUT2D eigenvalue weighted by atomic mass is 10.0. The minimum Gasteiger partial charge on any atom is -0.368 e. The predicted octanol–water partition coefficient (Wildman–Crippen LogP) is 3.82. The zero-order valence-corrected chi connectivity index (χ0v) is 17.1. The van der Waals surface area contributed by atoms with E-state index < -0.39 is 36.2 Å². The van der Waals surface area contributed by atoms with E-state index in [9.17, 15) is 23.1 Å². The normalized spacial score (nSPS) is 20.8. The number of anilines is 1. The largest absolute Gasteiger partial charge is 0.416 e. The number of urea groups is 1. The van der Waals surface area contributed by atoms with Crippen LogP contribution in [0.25, 0.3) is 0 Å². The molecule has 2 amide bonds. The van der Waals surface area contributed by atoms with Crippen molar-refractivity contribution in [2.75, 3.05) is 18.4 Å². The molecule has 1 saturated heterocycles. The zero-order chi connectivity index (χ0) is 22.4. The third-order valence-electron chi connectivity index (χ3n) is 5.03. The molecular formula is C22H26F3N3O3. The molecule has 0 saturated carbocycles. The molecule has 2 aromatic carbocycles. The molecule has 2 aromatic rings. The summed E-state index contributed by atoms with van der Waals surface area (Å²) in [5.74, 6) is 0. The zero-order valence-electron chi connectivity index (χ0n) is 17.1. The summed E-state index contributed by atoms with van der Waals surface area (Å²) in [7, 11) is 0. The van der Waals surface area contributed by atoms with Crippen LogP contribution < -0.4 is 10.6 Å². The van der Waals surface area contributed by atoms with E-state index in [1.165, 1.54) is 19.1 Å². The number of piperidine rings is 1. The van der Waals surface area contributed by atoms with Crippen molar-refractivity contribution in [2.45, 2.75) is 44.5 Å². The molecule has 0 aromatic heterocycles. The number of hydrogen-bond donors (Lipinski definition) is 3. The fraction of sp³-hybridized carbons (Fsp3) is 0.409. The van der Waals surface area contributed by atoms with Crippen LogP contribution in [0.3, 0.4) is 0 Å². The van der Waals surface area contributed by atoms with Crippen LogP contribution in [0.5, 0.6) is 0 Å². The number of amides is 2. The molecule has 0 bridgehead atoms. The second-order valence-corrected chi connectivity index (χ2v) is 7.57. The maximum Gasteiger partial charge on any atom is 0.416 e. The van der Waals surface area contributed by atoms with Gasteiger partial charge in [0.25, 0.3) is 0 Å². The number of nitrogens with one attached hydrogen (secondary N) is 2. The van der Waals surface area contributed by atoms with E-state index in [2.05, 4.69) is 15.5 Å². The molecule has 1 aliphatic rings. The van der Waals surface area contributed by atoms with Gasteiger partial charge in [-0.2, -0.15) is 13.2 Å². The highest BCUT2D eigenvalue weighted by atomic mass is 19.4. The van der Waals surface area contributed by atoms with E-state index in [0.717, 1.165) is 17.7 Å². The molecular weight excluding hydrogens is 411 g/mol. The van der Waals surface area contributed by atoms with Gasteiger partial charge in [0.2, 0.25) is 0 Å². The average molecular weight is 437 g/mol. The minimum atomic E-state index is -4.49. The molecule has 0 spiro atoms. The lowest BCUT2D eigenvalue weighted by Gasteiger charge is -2.39. The number of aliphatic hydroxyl groups excluding tert-OH is 1. The van der Waals surface area contributed by atoms with Crippen LogP contribution in [0.4, 0.5) is 23.7 Å². The number of carbonyl (C=O) groups is 1. The Labute approximate surface area is 179 Å². The molecule has 31 heavy (non-hydrogen) atoms. The molecule has 1 fully saturated rings. The van der Waals surface area contributed by atoms with E-state index in [1.54, 1.807) is 0 Å². The topological polar surface area (TPSA) is 73.8 Å². The molecule has 3 atom stereocenters. The highest BCUT2D eigenvalue weighted by molar-refractivity contribution is 5.89. The van der Waals surface area contributed by atoms with Crippen molar-refractivity contribution in [2.24, 2.45) is 0 Å². The standard InChI is InChI=1S/C22H26F3N3O3/c1-15(29)31-20-14-28(13-16-6-3-2-4-7-16)11-10-19(20)27-21(30)26-18-9-5-8-17(12-18)22(23,24)25/h2-9,12,15,19-20,29H,10-11,13-14H2,1H3,(H2,26,27,30)/t15-,19-,20-/m0/s1. The highest BCUT2D eigenvalue weighted by Gasteiger charge is 2.33. The van der Waals surface area contributed by atoms with Crippen LogP contribution in [-0.2, 0) is 17.5 Å². The van der Waals surface area contributed by atoms with Crippen molar-refractivity contribution in [3.63, 3.8) is 0 Å². The number of ether oxygens (including phenoxy) is 1. The van der Waals surface area contributed by atoms with Gasteiger partial charge >= 0.3 is 12.2 Å². The van der Waals surface area contributed by atoms with Crippen LogP contribution in [0, 0.1) is 0 Å².